The van der Waals surface area contributed by atoms with Crippen molar-refractivity contribution < 1.29 is 14.6 Å². The van der Waals surface area contributed by atoms with Gasteiger partial charge in [-0.05, 0) is 30.5 Å². The van der Waals surface area contributed by atoms with Crippen LogP contribution in [0.5, 0.6) is 5.75 Å². The van der Waals surface area contributed by atoms with Crippen molar-refractivity contribution in [3.8, 4) is 5.75 Å². The van der Waals surface area contributed by atoms with Crippen LogP contribution in [0.1, 0.15) is 31.2 Å². The van der Waals surface area contributed by atoms with Crippen LogP contribution < -0.4 is 0 Å². The zero-order chi connectivity index (χ0) is 11.4. The fourth-order valence-electron chi connectivity index (χ4n) is 2.03. The number of carbonyl (C=O) groups excluding carboxylic acids is 1. The van der Waals surface area contributed by atoms with Gasteiger partial charge in [-0.1, -0.05) is 25.0 Å². The second-order valence-corrected chi connectivity index (χ2v) is 4.26. The van der Waals surface area contributed by atoms with E-state index in [0.717, 1.165) is 31.2 Å². The van der Waals surface area contributed by atoms with Gasteiger partial charge in [0.25, 0.3) is 0 Å². The molecule has 1 aromatic carbocycles. The summed E-state index contributed by atoms with van der Waals surface area (Å²) in [5, 5.41) is 9.10. The molecule has 0 heterocycles. The second-order valence-electron chi connectivity index (χ2n) is 4.26. The van der Waals surface area contributed by atoms with Gasteiger partial charge in [0.1, 0.15) is 12.4 Å². The lowest BCUT2D eigenvalue weighted by Crippen LogP contribution is -2.14. The molecule has 3 nitrogen and oxygen atoms in total. The molecule has 1 saturated carbocycles. The van der Waals surface area contributed by atoms with E-state index in [1.807, 2.05) is 0 Å². The summed E-state index contributed by atoms with van der Waals surface area (Å²) >= 11 is 0. The zero-order valence-corrected chi connectivity index (χ0v) is 9.19. The third kappa shape index (κ3) is 2.75. The van der Waals surface area contributed by atoms with Crippen LogP contribution in [0.15, 0.2) is 24.3 Å². The first kappa shape index (κ1) is 11.0. The highest BCUT2D eigenvalue weighted by atomic mass is 16.5. The van der Waals surface area contributed by atoms with Crippen molar-refractivity contribution >= 4 is 5.97 Å². The monoisotopic (exact) mass is 220 g/mol. The molecule has 3 heteroatoms. The molecule has 0 bridgehead atoms. The Kier molecular flexibility index (Phi) is 3.44. The van der Waals surface area contributed by atoms with Gasteiger partial charge in [0, 0.05) is 0 Å². The van der Waals surface area contributed by atoms with Gasteiger partial charge in [-0.3, -0.25) is 4.79 Å². The lowest BCUT2D eigenvalue weighted by molar-refractivity contribution is -0.149. The molecule has 1 aliphatic carbocycles. The van der Waals surface area contributed by atoms with Crippen LogP contribution in [0.2, 0.25) is 0 Å². The summed E-state index contributed by atoms with van der Waals surface area (Å²) in [6.07, 6.45) is 4.21. The summed E-state index contributed by atoms with van der Waals surface area (Å²) in [6, 6.07) is 6.71. The number of phenolic OH excluding ortho intramolecular Hbond substituents is 1. The molecule has 86 valence electrons. The molecule has 0 spiro atoms. The molecule has 0 radical (unpaired) electrons. The van der Waals surface area contributed by atoms with Crippen molar-refractivity contribution in [1.29, 1.82) is 0 Å². The summed E-state index contributed by atoms with van der Waals surface area (Å²) in [7, 11) is 0. The zero-order valence-electron chi connectivity index (χ0n) is 9.19. The fourth-order valence-corrected chi connectivity index (χ4v) is 2.03. The van der Waals surface area contributed by atoms with E-state index in [4.69, 9.17) is 9.84 Å². The van der Waals surface area contributed by atoms with Crippen LogP contribution in [-0.2, 0) is 16.1 Å². The SMILES string of the molecule is O=C(OCc1ccc(O)cc1)C1CCCC1. The molecule has 0 amide bonds. The highest BCUT2D eigenvalue weighted by molar-refractivity contribution is 5.72. The van der Waals surface area contributed by atoms with Crippen molar-refractivity contribution in [2.45, 2.75) is 32.3 Å². The van der Waals surface area contributed by atoms with Gasteiger partial charge in [0.2, 0.25) is 0 Å². The van der Waals surface area contributed by atoms with E-state index in [2.05, 4.69) is 0 Å². The predicted molar refractivity (Wildman–Crippen MR) is 59.9 cm³/mol. The van der Waals surface area contributed by atoms with E-state index in [0.29, 0.717) is 6.61 Å². The lowest BCUT2D eigenvalue weighted by atomic mass is 10.1. The van der Waals surface area contributed by atoms with Crippen molar-refractivity contribution in [3.05, 3.63) is 29.8 Å². The quantitative estimate of drug-likeness (QED) is 0.796. The second kappa shape index (κ2) is 5.01. The minimum absolute atomic E-state index is 0.0782. The standard InChI is InChI=1S/C13H16O3/c14-12-7-5-10(6-8-12)9-16-13(15)11-3-1-2-4-11/h5-8,11,14H,1-4,9H2. The molecule has 1 aliphatic rings. The first-order valence-electron chi connectivity index (χ1n) is 5.70. The maximum Gasteiger partial charge on any atom is 0.309 e. The van der Waals surface area contributed by atoms with Crippen LogP contribution in [0.4, 0.5) is 0 Å². The molecule has 0 saturated heterocycles. The molecule has 16 heavy (non-hydrogen) atoms. The van der Waals surface area contributed by atoms with Crippen LogP contribution in [0, 0.1) is 5.92 Å². The molecular formula is C13H16O3. The number of hydrogen-bond donors (Lipinski definition) is 1. The number of ether oxygens (including phenoxy) is 1. The van der Waals surface area contributed by atoms with Crippen molar-refractivity contribution in [3.63, 3.8) is 0 Å². The van der Waals surface area contributed by atoms with E-state index in [1.54, 1.807) is 24.3 Å². The maximum absolute atomic E-state index is 11.6. The first-order valence-corrected chi connectivity index (χ1v) is 5.70. The summed E-state index contributed by atoms with van der Waals surface area (Å²) in [5.74, 6) is 0.258. The Bertz CT molecular complexity index is 350. The first-order chi connectivity index (χ1) is 7.75. The van der Waals surface area contributed by atoms with Gasteiger partial charge < -0.3 is 9.84 Å². The Hall–Kier alpha value is -1.51. The van der Waals surface area contributed by atoms with Crippen LogP contribution >= 0.6 is 0 Å². The molecule has 0 aliphatic heterocycles. The Labute approximate surface area is 95.0 Å². The van der Waals surface area contributed by atoms with E-state index in [1.165, 1.54) is 0 Å². The third-order valence-corrected chi connectivity index (χ3v) is 3.01. The molecule has 2 rings (SSSR count). The van der Waals surface area contributed by atoms with Gasteiger partial charge in [0.15, 0.2) is 0 Å². The topological polar surface area (TPSA) is 46.5 Å². The van der Waals surface area contributed by atoms with Gasteiger partial charge in [-0.15, -0.1) is 0 Å². The largest absolute Gasteiger partial charge is 0.508 e. The van der Waals surface area contributed by atoms with Gasteiger partial charge in [0.05, 0.1) is 5.92 Å². The Morgan fingerprint density at radius 3 is 2.50 bits per heavy atom. The Morgan fingerprint density at radius 2 is 1.88 bits per heavy atom. The van der Waals surface area contributed by atoms with Gasteiger partial charge in [-0.2, -0.15) is 0 Å². The average molecular weight is 220 g/mol. The van der Waals surface area contributed by atoms with E-state index in [9.17, 15) is 4.79 Å². The molecule has 1 N–H and O–H groups in total. The number of phenols is 1. The molecule has 0 atom stereocenters. The normalized spacial score (nSPS) is 16.2. The highest BCUT2D eigenvalue weighted by Gasteiger charge is 2.23. The number of aromatic hydroxyl groups is 1. The summed E-state index contributed by atoms with van der Waals surface area (Å²) in [6.45, 7) is 0.301. The molecule has 0 unspecified atom stereocenters. The fraction of sp³-hybridized carbons (Fsp3) is 0.462. The number of hydrogen-bond acceptors (Lipinski definition) is 3. The summed E-state index contributed by atoms with van der Waals surface area (Å²) in [4.78, 5) is 11.6. The molecule has 1 fully saturated rings. The molecule has 1 aromatic rings. The van der Waals surface area contributed by atoms with Gasteiger partial charge >= 0.3 is 5.97 Å². The van der Waals surface area contributed by atoms with Crippen LogP contribution in [0.3, 0.4) is 0 Å². The van der Waals surface area contributed by atoms with E-state index in [-0.39, 0.29) is 17.6 Å². The van der Waals surface area contributed by atoms with E-state index < -0.39 is 0 Å². The van der Waals surface area contributed by atoms with Crippen molar-refractivity contribution in [1.82, 2.24) is 0 Å². The Balaban J connectivity index is 1.82. The minimum atomic E-state index is -0.0782. The smallest absolute Gasteiger partial charge is 0.309 e. The molecular weight excluding hydrogens is 204 g/mol. The lowest BCUT2D eigenvalue weighted by Gasteiger charge is -2.09. The number of rotatable bonds is 3. The maximum atomic E-state index is 11.6. The number of benzene rings is 1. The van der Waals surface area contributed by atoms with Crippen LogP contribution in [0.25, 0.3) is 0 Å². The number of esters is 1. The predicted octanol–water partition coefficient (Wildman–Crippen LogP) is 2.63. The van der Waals surface area contributed by atoms with Crippen molar-refractivity contribution in [2.75, 3.05) is 0 Å². The highest BCUT2D eigenvalue weighted by Crippen LogP contribution is 2.26. The van der Waals surface area contributed by atoms with Gasteiger partial charge in [-0.25, -0.2) is 0 Å². The minimum Gasteiger partial charge on any atom is -0.508 e. The average Bonchev–Trinajstić information content (AvgIpc) is 2.81. The van der Waals surface area contributed by atoms with E-state index >= 15 is 0 Å². The summed E-state index contributed by atoms with van der Waals surface area (Å²) in [5.41, 5.74) is 0.907. The number of carbonyl (C=O) groups is 1. The van der Waals surface area contributed by atoms with Crippen LogP contribution in [-0.4, -0.2) is 11.1 Å². The van der Waals surface area contributed by atoms with Crippen molar-refractivity contribution in [2.24, 2.45) is 5.92 Å². The third-order valence-electron chi connectivity index (χ3n) is 3.01. The molecule has 0 aromatic heterocycles. The summed E-state index contributed by atoms with van der Waals surface area (Å²) < 4.78 is 5.23. The Morgan fingerprint density at radius 1 is 1.25 bits per heavy atom.